The number of hydrogen-bond donors (Lipinski definition) is 0. The van der Waals surface area contributed by atoms with E-state index in [1.165, 1.54) is 92.7 Å². The topological polar surface area (TPSA) is 18.5 Å². The number of fused-ring (bicyclic) bond motifs is 4. The summed E-state index contributed by atoms with van der Waals surface area (Å²) in [6.07, 6.45) is 9.52. The van der Waals surface area contributed by atoms with Gasteiger partial charge in [0, 0.05) is 21.5 Å². The third kappa shape index (κ3) is 5.43. The lowest BCUT2D eigenvalue weighted by Crippen LogP contribution is -2.01. The van der Waals surface area contributed by atoms with Crippen LogP contribution in [0, 0.1) is 0 Å². The molecule has 0 aliphatic rings. The van der Waals surface area contributed by atoms with Gasteiger partial charge in [-0.15, -0.1) is 0 Å². The zero-order valence-electron chi connectivity index (χ0n) is 25.1. The van der Waals surface area contributed by atoms with Crippen LogP contribution >= 0.6 is 0 Å². The summed E-state index contributed by atoms with van der Waals surface area (Å²) in [6, 6.07) is 35.1. The van der Waals surface area contributed by atoms with Crippen LogP contribution in [0.25, 0.3) is 54.2 Å². The molecular weight excluding hydrogens is 512 g/mol. The second kappa shape index (κ2) is 13.3. The fourth-order valence-electron chi connectivity index (χ4n) is 6.43. The predicted octanol–water partition coefficient (Wildman–Crippen LogP) is 11.9. The number of hydrogen-bond acceptors (Lipinski definition) is 2. The van der Waals surface area contributed by atoms with Crippen molar-refractivity contribution in [3.8, 4) is 22.6 Å². The molecule has 0 amide bonds. The van der Waals surface area contributed by atoms with Crippen molar-refractivity contribution in [2.45, 2.75) is 65.2 Å². The lowest BCUT2D eigenvalue weighted by Gasteiger charge is -2.22. The third-order valence-corrected chi connectivity index (χ3v) is 8.50. The van der Waals surface area contributed by atoms with Gasteiger partial charge in [-0.25, -0.2) is 0 Å². The average molecular weight is 555 g/mol. The highest BCUT2D eigenvalue weighted by molar-refractivity contribution is 6.26. The molecule has 0 heterocycles. The van der Waals surface area contributed by atoms with Gasteiger partial charge in [0.1, 0.15) is 11.5 Å². The second-order valence-electron chi connectivity index (χ2n) is 11.4. The largest absolute Gasteiger partial charge is 0.492 e. The van der Waals surface area contributed by atoms with Gasteiger partial charge in [-0.05, 0) is 45.5 Å². The van der Waals surface area contributed by atoms with Gasteiger partial charge in [-0.1, -0.05) is 149 Å². The van der Waals surface area contributed by atoms with E-state index in [1.54, 1.807) is 0 Å². The quantitative estimate of drug-likeness (QED) is 0.104. The van der Waals surface area contributed by atoms with Gasteiger partial charge in [-0.2, -0.15) is 0 Å². The lowest BCUT2D eigenvalue weighted by atomic mass is 9.85. The van der Waals surface area contributed by atoms with Crippen LogP contribution in [-0.2, 0) is 0 Å². The molecule has 214 valence electrons. The highest BCUT2D eigenvalue weighted by Gasteiger charge is 2.22. The first-order valence-corrected chi connectivity index (χ1v) is 16.0. The Morgan fingerprint density at radius 3 is 0.929 bits per heavy atom. The normalized spacial score (nSPS) is 11.6. The van der Waals surface area contributed by atoms with Crippen molar-refractivity contribution in [3.63, 3.8) is 0 Å². The summed E-state index contributed by atoms with van der Waals surface area (Å²) >= 11 is 0. The predicted molar refractivity (Wildman–Crippen MR) is 181 cm³/mol. The van der Waals surface area contributed by atoms with E-state index in [4.69, 9.17) is 9.47 Å². The van der Waals surface area contributed by atoms with Crippen molar-refractivity contribution in [1.29, 1.82) is 0 Å². The Morgan fingerprint density at radius 1 is 0.357 bits per heavy atom. The maximum Gasteiger partial charge on any atom is 0.134 e. The first kappa shape index (κ1) is 28.1. The summed E-state index contributed by atoms with van der Waals surface area (Å²) in [7, 11) is 0. The van der Waals surface area contributed by atoms with E-state index in [9.17, 15) is 0 Å². The Hall–Kier alpha value is -4.04. The third-order valence-electron chi connectivity index (χ3n) is 8.50. The summed E-state index contributed by atoms with van der Waals surface area (Å²) < 4.78 is 13.2. The SMILES string of the molecule is CCCCCCOc1c2ccccc2c(-c2c3ccccc3c(OCCCCCC)c3ccccc23)c2ccccc12. The molecule has 0 spiro atoms. The molecule has 0 saturated carbocycles. The summed E-state index contributed by atoms with van der Waals surface area (Å²) in [5.41, 5.74) is 2.53. The smallest absolute Gasteiger partial charge is 0.134 e. The van der Waals surface area contributed by atoms with Crippen molar-refractivity contribution >= 4 is 43.1 Å². The molecule has 0 atom stereocenters. The van der Waals surface area contributed by atoms with Crippen LogP contribution in [0.1, 0.15) is 65.2 Å². The van der Waals surface area contributed by atoms with Crippen molar-refractivity contribution in [2.24, 2.45) is 0 Å². The molecule has 2 nitrogen and oxygen atoms in total. The molecule has 0 bridgehead atoms. The van der Waals surface area contributed by atoms with Gasteiger partial charge in [0.25, 0.3) is 0 Å². The molecule has 6 aromatic rings. The standard InChI is InChI=1S/C40H42O2/c1-3-5-7-17-27-41-39-33-23-13-9-19-29(33)37(30-20-10-14-24-34(30)39)38-31-21-11-15-25-35(31)40(42-28-18-8-6-4-2)36-26-16-12-22-32(36)38/h9-16,19-26H,3-8,17-18,27-28H2,1-2H3. The summed E-state index contributed by atoms with van der Waals surface area (Å²) in [6.45, 7) is 5.98. The van der Waals surface area contributed by atoms with E-state index in [0.29, 0.717) is 0 Å². The van der Waals surface area contributed by atoms with Crippen LogP contribution in [-0.4, -0.2) is 13.2 Å². The number of ether oxygens (including phenoxy) is 2. The van der Waals surface area contributed by atoms with E-state index in [2.05, 4.69) is 111 Å². The fourth-order valence-corrected chi connectivity index (χ4v) is 6.43. The monoisotopic (exact) mass is 554 g/mol. The Balaban J connectivity index is 1.59. The molecule has 0 radical (unpaired) electrons. The Labute approximate surface area is 250 Å². The van der Waals surface area contributed by atoms with Crippen LogP contribution in [0.4, 0.5) is 0 Å². The van der Waals surface area contributed by atoms with Gasteiger partial charge in [0.15, 0.2) is 0 Å². The van der Waals surface area contributed by atoms with E-state index in [1.807, 2.05) is 0 Å². The van der Waals surface area contributed by atoms with E-state index < -0.39 is 0 Å². The Morgan fingerprint density at radius 2 is 0.643 bits per heavy atom. The van der Waals surface area contributed by atoms with Crippen molar-refractivity contribution in [2.75, 3.05) is 13.2 Å². The molecule has 6 aromatic carbocycles. The van der Waals surface area contributed by atoms with E-state index in [0.717, 1.165) is 37.6 Å². The summed E-state index contributed by atoms with van der Waals surface area (Å²) in [4.78, 5) is 0. The molecule has 0 aliphatic heterocycles. The Kier molecular flexibility index (Phi) is 8.89. The first-order valence-electron chi connectivity index (χ1n) is 16.0. The zero-order valence-corrected chi connectivity index (χ0v) is 25.1. The molecule has 0 aliphatic carbocycles. The highest BCUT2D eigenvalue weighted by Crippen LogP contribution is 2.49. The maximum absolute atomic E-state index is 6.62. The highest BCUT2D eigenvalue weighted by atomic mass is 16.5. The minimum Gasteiger partial charge on any atom is -0.492 e. The van der Waals surface area contributed by atoms with E-state index >= 15 is 0 Å². The van der Waals surface area contributed by atoms with Crippen molar-refractivity contribution in [3.05, 3.63) is 97.1 Å². The van der Waals surface area contributed by atoms with Gasteiger partial charge in [0.05, 0.1) is 13.2 Å². The van der Waals surface area contributed by atoms with Crippen LogP contribution < -0.4 is 9.47 Å². The van der Waals surface area contributed by atoms with Gasteiger partial charge < -0.3 is 9.47 Å². The van der Waals surface area contributed by atoms with Crippen molar-refractivity contribution in [1.82, 2.24) is 0 Å². The molecule has 0 aromatic heterocycles. The number of rotatable bonds is 13. The molecule has 0 unspecified atom stereocenters. The van der Waals surface area contributed by atoms with Crippen molar-refractivity contribution < 1.29 is 9.47 Å². The second-order valence-corrected chi connectivity index (χ2v) is 11.4. The molecular formula is C40H42O2. The zero-order chi connectivity index (χ0) is 28.7. The Bertz CT molecular complexity index is 1570. The molecule has 0 fully saturated rings. The van der Waals surface area contributed by atoms with Crippen LogP contribution in [0.2, 0.25) is 0 Å². The fraction of sp³-hybridized carbons (Fsp3) is 0.300. The van der Waals surface area contributed by atoms with Gasteiger partial charge >= 0.3 is 0 Å². The number of benzene rings is 6. The summed E-state index contributed by atoms with van der Waals surface area (Å²) in [5, 5.41) is 9.59. The molecule has 6 rings (SSSR count). The maximum atomic E-state index is 6.62. The van der Waals surface area contributed by atoms with E-state index in [-0.39, 0.29) is 0 Å². The average Bonchev–Trinajstić information content (AvgIpc) is 3.04. The van der Waals surface area contributed by atoms with Crippen LogP contribution in [0.15, 0.2) is 97.1 Å². The first-order chi connectivity index (χ1) is 20.8. The molecule has 0 saturated heterocycles. The minimum atomic E-state index is 0.740. The summed E-state index contributed by atoms with van der Waals surface area (Å²) in [5.74, 6) is 2.00. The van der Waals surface area contributed by atoms with Crippen LogP contribution in [0.3, 0.4) is 0 Å². The lowest BCUT2D eigenvalue weighted by molar-refractivity contribution is 0.311. The molecule has 0 N–H and O–H groups in total. The molecule has 2 heteroatoms. The molecule has 42 heavy (non-hydrogen) atoms. The van der Waals surface area contributed by atoms with Gasteiger partial charge in [0.2, 0.25) is 0 Å². The van der Waals surface area contributed by atoms with Gasteiger partial charge in [-0.3, -0.25) is 0 Å². The number of unbranched alkanes of at least 4 members (excludes halogenated alkanes) is 6. The van der Waals surface area contributed by atoms with Crippen LogP contribution in [0.5, 0.6) is 11.5 Å². The minimum absolute atomic E-state index is 0.740.